The van der Waals surface area contributed by atoms with Crippen LogP contribution in [0.25, 0.3) is 11.3 Å². The van der Waals surface area contributed by atoms with Gasteiger partial charge in [-0.05, 0) is 55.9 Å². The van der Waals surface area contributed by atoms with Crippen LogP contribution in [-0.2, 0) is 10.0 Å². The Kier molecular flexibility index (Phi) is 4.58. The maximum absolute atomic E-state index is 11.8. The fourth-order valence-corrected chi connectivity index (χ4v) is 3.82. The van der Waals surface area contributed by atoms with Crippen molar-refractivity contribution < 1.29 is 13.2 Å². The smallest absolute Gasteiger partial charge is 0.244 e. The molecule has 0 unspecified atom stereocenters. The first-order chi connectivity index (χ1) is 13.3. The lowest BCUT2D eigenvalue weighted by Crippen LogP contribution is -2.11. The van der Waals surface area contributed by atoms with Crippen LogP contribution in [0.5, 0.6) is 11.6 Å². The fourth-order valence-electron chi connectivity index (χ4n) is 3.27. The molecule has 28 heavy (non-hydrogen) atoms. The molecule has 3 aromatic rings. The molecule has 0 aliphatic heterocycles. The maximum atomic E-state index is 11.8. The number of benzene rings is 1. The molecule has 2 N–H and O–H groups in total. The highest BCUT2D eigenvalue weighted by Crippen LogP contribution is 2.47. The molecule has 0 saturated heterocycles. The zero-order chi connectivity index (χ0) is 19.9. The average Bonchev–Trinajstić information content (AvgIpc) is 3.31. The first-order valence-electron chi connectivity index (χ1n) is 9.07. The van der Waals surface area contributed by atoms with Crippen LogP contribution in [0.2, 0.25) is 0 Å². The van der Waals surface area contributed by atoms with E-state index in [1.807, 2.05) is 6.92 Å². The van der Waals surface area contributed by atoms with Crippen LogP contribution >= 0.6 is 0 Å². The van der Waals surface area contributed by atoms with Gasteiger partial charge < -0.3 is 4.74 Å². The Morgan fingerprint density at radius 1 is 1.21 bits per heavy atom. The monoisotopic (exact) mass is 398 g/mol. The van der Waals surface area contributed by atoms with Gasteiger partial charge in [0.05, 0.1) is 18.1 Å². The Morgan fingerprint density at radius 2 is 2.00 bits per heavy atom. The van der Waals surface area contributed by atoms with Gasteiger partial charge in [0.2, 0.25) is 15.9 Å². The number of ether oxygens (including phenoxy) is 1. The first kappa shape index (κ1) is 18.5. The van der Waals surface area contributed by atoms with Crippen LogP contribution in [-0.4, -0.2) is 29.9 Å². The van der Waals surface area contributed by atoms with Gasteiger partial charge in [0.1, 0.15) is 11.4 Å². The summed E-state index contributed by atoms with van der Waals surface area (Å²) < 4.78 is 32.4. The van der Waals surface area contributed by atoms with E-state index in [1.165, 1.54) is 5.56 Å². The summed E-state index contributed by atoms with van der Waals surface area (Å²) in [6, 6.07) is 7.59. The van der Waals surface area contributed by atoms with Gasteiger partial charge in [-0.1, -0.05) is 17.7 Å². The second-order valence-electron chi connectivity index (χ2n) is 7.29. The minimum atomic E-state index is -3.48. The number of sulfonamides is 1. The molecule has 4 rings (SSSR count). The van der Waals surface area contributed by atoms with Crippen molar-refractivity contribution in [2.45, 2.75) is 32.6 Å². The van der Waals surface area contributed by atoms with Crippen molar-refractivity contribution in [1.82, 2.24) is 15.2 Å². The summed E-state index contributed by atoms with van der Waals surface area (Å²) in [5.41, 5.74) is 5.07. The lowest BCUT2D eigenvalue weighted by molar-refractivity contribution is 0.456. The molecule has 146 valence electrons. The van der Waals surface area contributed by atoms with Gasteiger partial charge in [0.15, 0.2) is 0 Å². The van der Waals surface area contributed by atoms with E-state index in [1.54, 1.807) is 24.5 Å². The van der Waals surface area contributed by atoms with Crippen LogP contribution < -0.4 is 9.46 Å². The van der Waals surface area contributed by atoms with Crippen molar-refractivity contribution in [3.63, 3.8) is 0 Å². The van der Waals surface area contributed by atoms with Gasteiger partial charge in [-0.25, -0.2) is 13.4 Å². The standard InChI is InChI=1S/C20H22N4O3S/c1-12-8-13(2)19(16(9-12)14-4-5-14)27-20-18(24-28(3,25)26)7-6-17(23-20)15-10-21-22-11-15/h6-11,14,24H,4-5H2,1-3H3,(H,21,22). The molecule has 0 atom stereocenters. The number of nitrogens with one attached hydrogen (secondary N) is 2. The predicted octanol–water partition coefficient (Wildman–Crippen LogP) is 4.13. The Bertz CT molecular complexity index is 1120. The minimum absolute atomic E-state index is 0.220. The van der Waals surface area contributed by atoms with E-state index in [9.17, 15) is 8.42 Å². The largest absolute Gasteiger partial charge is 0.436 e. The van der Waals surface area contributed by atoms with Crippen molar-refractivity contribution in [2.75, 3.05) is 11.0 Å². The minimum Gasteiger partial charge on any atom is -0.436 e. The topological polar surface area (TPSA) is 97.0 Å². The predicted molar refractivity (Wildman–Crippen MR) is 108 cm³/mol. The van der Waals surface area contributed by atoms with Crippen LogP contribution in [0.1, 0.15) is 35.4 Å². The van der Waals surface area contributed by atoms with Crippen LogP contribution in [0.4, 0.5) is 5.69 Å². The highest BCUT2D eigenvalue weighted by molar-refractivity contribution is 7.92. The summed E-state index contributed by atoms with van der Waals surface area (Å²) in [7, 11) is -3.48. The molecule has 1 saturated carbocycles. The second-order valence-corrected chi connectivity index (χ2v) is 9.04. The number of H-pyrrole nitrogens is 1. The Labute approximate surface area is 164 Å². The Hall–Kier alpha value is -2.87. The molecule has 0 spiro atoms. The summed E-state index contributed by atoms with van der Waals surface area (Å²) in [5.74, 6) is 1.46. The van der Waals surface area contributed by atoms with Crippen molar-refractivity contribution >= 4 is 15.7 Å². The molecule has 8 heteroatoms. The Morgan fingerprint density at radius 3 is 2.64 bits per heavy atom. The number of aromatic amines is 1. The number of anilines is 1. The van der Waals surface area contributed by atoms with E-state index in [-0.39, 0.29) is 5.88 Å². The van der Waals surface area contributed by atoms with E-state index in [0.29, 0.717) is 17.3 Å². The number of aromatic nitrogens is 3. The number of aryl methyl sites for hydroxylation is 2. The molecule has 0 radical (unpaired) electrons. The first-order valence-corrected chi connectivity index (χ1v) is 11.0. The van der Waals surface area contributed by atoms with Crippen molar-refractivity contribution in [3.05, 3.63) is 53.3 Å². The zero-order valence-electron chi connectivity index (χ0n) is 16.0. The summed E-state index contributed by atoms with van der Waals surface area (Å²) in [6.45, 7) is 4.06. The van der Waals surface area contributed by atoms with Gasteiger partial charge in [-0.3, -0.25) is 9.82 Å². The van der Waals surface area contributed by atoms with Crippen molar-refractivity contribution in [2.24, 2.45) is 0 Å². The lowest BCUT2D eigenvalue weighted by Gasteiger charge is -2.17. The molecule has 1 aliphatic rings. The average molecular weight is 398 g/mol. The highest BCUT2D eigenvalue weighted by atomic mass is 32.2. The quantitative estimate of drug-likeness (QED) is 0.651. The number of hydrogen-bond donors (Lipinski definition) is 2. The summed E-state index contributed by atoms with van der Waals surface area (Å²) in [6.07, 6.45) is 6.75. The highest BCUT2D eigenvalue weighted by Gasteiger charge is 2.29. The summed E-state index contributed by atoms with van der Waals surface area (Å²) in [5, 5.41) is 6.70. The molecule has 1 aromatic carbocycles. The Balaban J connectivity index is 1.80. The zero-order valence-corrected chi connectivity index (χ0v) is 16.8. The van der Waals surface area contributed by atoms with Crippen LogP contribution in [0.3, 0.4) is 0 Å². The van der Waals surface area contributed by atoms with Crippen molar-refractivity contribution in [3.8, 4) is 22.9 Å². The normalized spacial score (nSPS) is 14.1. The molecular formula is C20H22N4O3S. The third-order valence-corrected chi connectivity index (χ3v) is 5.20. The second kappa shape index (κ2) is 6.94. The number of nitrogens with zero attached hydrogens (tertiary/aromatic N) is 2. The summed E-state index contributed by atoms with van der Waals surface area (Å²) >= 11 is 0. The number of pyridine rings is 1. The van der Waals surface area contributed by atoms with E-state index < -0.39 is 10.0 Å². The van der Waals surface area contributed by atoms with Gasteiger partial charge >= 0.3 is 0 Å². The SMILES string of the molecule is Cc1cc(C)c(Oc2nc(-c3cn[nH]c3)ccc2NS(C)(=O)=O)c(C2CC2)c1. The van der Waals surface area contributed by atoms with Gasteiger partial charge in [0, 0.05) is 11.8 Å². The molecule has 0 amide bonds. The molecule has 1 fully saturated rings. The fraction of sp³-hybridized carbons (Fsp3) is 0.300. The van der Waals surface area contributed by atoms with E-state index in [2.05, 4.69) is 39.0 Å². The van der Waals surface area contributed by atoms with E-state index >= 15 is 0 Å². The molecule has 0 bridgehead atoms. The molecular weight excluding hydrogens is 376 g/mol. The molecule has 7 nitrogen and oxygen atoms in total. The van der Waals surface area contributed by atoms with E-state index in [4.69, 9.17) is 4.74 Å². The molecule has 2 aromatic heterocycles. The van der Waals surface area contributed by atoms with Crippen molar-refractivity contribution in [1.29, 1.82) is 0 Å². The maximum Gasteiger partial charge on any atom is 0.244 e. The number of rotatable bonds is 6. The third-order valence-electron chi connectivity index (χ3n) is 4.61. The van der Waals surface area contributed by atoms with E-state index in [0.717, 1.165) is 41.5 Å². The lowest BCUT2D eigenvalue weighted by atomic mass is 10.0. The molecule has 2 heterocycles. The van der Waals surface area contributed by atoms with Gasteiger partial charge in [0.25, 0.3) is 0 Å². The number of hydrogen-bond acceptors (Lipinski definition) is 5. The van der Waals surface area contributed by atoms with Crippen LogP contribution in [0, 0.1) is 13.8 Å². The summed E-state index contributed by atoms with van der Waals surface area (Å²) in [4.78, 5) is 4.57. The molecule has 1 aliphatic carbocycles. The van der Waals surface area contributed by atoms with Gasteiger partial charge in [-0.15, -0.1) is 0 Å². The third kappa shape index (κ3) is 4.01. The van der Waals surface area contributed by atoms with Crippen LogP contribution in [0.15, 0.2) is 36.7 Å². The van der Waals surface area contributed by atoms with Gasteiger partial charge in [-0.2, -0.15) is 5.10 Å².